The first-order valence-corrected chi connectivity index (χ1v) is 6.90. The molecule has 2 aromatic carbocycles. The monoisotopic (exact) mass is 272 g/mol. The van der Waals surface area contributed by atoms with Gasteiger partial charge in [-0.1, -0.05) is 24.6 Å². The van der Waals surface area contributed by atoms with Crippen LogP contribution in [-0.2, 0) is 6.54 Å². The van der Waals surface area contributed by atoms with E-state index in [9.17, 15) is 4.39 Å². The number of benzene rings is 2. The second kappa shape index (κ2) is 6.53. The van der Waals surface area contributed by atoms with E-state index in [4.69, 9.17) is 0 Å². The van der Waals surface area contributed by atoms with Crippen molar-refractivity contribution in [3.05, 3.63) is 59.4 Å². The molecular formula is C17H21FN2. The summed E-state index contributed by atoms with van der Waals surface area (Å²) in [6, 6.07) is 13.4. The van der Waals surface area contributed by atoms with Crippen molar-refractivity contribution in [2.75, 3.05) is 18.5 Å². The Balaban J connectivity index is 2.26. The lowest BCUT2D eigenvalue weighted by Gasteiger charge is -2.20. The maximum atomic E-state index is 13.7. The Morgan fingerprint density at radius 1 is 1.05 bits per heavy atom. The average Bonchev–Trinajstić information content (AvgIpc) is 2.44. The van der Waals surface area contributed by atoms with Crippen molar-refractivity contribution in [1.82, 2.24) is 5.32 Å². The zero-order valence-electron chi connectivity index (χ0n) is 12.3. The molecule has 3 heteroatoms. The molecule has 0 aliphatic heterocycles. The van der Waals surface area contributed by atoms with Gasteiger partial charge in [0.05, 0.1) is 0 Å². The van der Waals surface area contributed by atoms with Gasteiger partial charge in [0.1, 0.15) is 5.82 Å². The van der Waals surface area contributed by atoms with Gasteiger partial charge in [0, 0.05) is 25.0 Å². The Labute approximate surface area is 120 Å². The van der Waals surface area contributed by atoms with Crippen LogP contribution >= 0.6 is 0 Å². The molecule has 0 saturated heterocycles. The molecule has 0 spiro atoms. The van der Waals surface area contributed by atoms with E-state index in [0.717, 1.165) is 23.5 Å². The minimum Gasteiger partial charge on any atom is -0.345 e. The molecule has 2 aromatic rings. The molecule has 0 fully saturated rings. The quantitative estimate of drug-likeness (QED) is 0.884. The van der Waals surface area contributed by atoms with Crippen LogP contribution in [-0.4, -0.2) is 13.6 Å². The molecule has 0 aromatic heterocycles. The van der Waals surface area contributed by atoms with Gasteiger partial charge in [-0.05, 0) is 49.4 Å². The number of hydrogen-bond donors (Lipinski definition) is 1. The summed E-state index contributed by atoms with van der Waals surface area (Å²) < 4.78 is 13.7. The molecule has 0 amide bonds. The fourth-order valence-corrected chi connectivity index (χ4v) is 2.12. The molecule has 0 atom stereocenters. The predicted octanol–water partition coefficient (Wildman–Crippen LogP) is 4.01. The first kappa shape index (κ1) is 14.5. The number of aryl methyl sites for hydroxylation is 1. The van der Waals surface area contributed by atoms with Crippen LogP contribution in [0.2, 0.25) is 0 Å². The highest BCUT2D eigenvalue weighted by molar-refractivity contribution is 5.63. The molecule has 0 bridgehead atoms. The second-order valence-corrected chi connectivity index (χ2v) is 4.99. The Bertz CT molecular complexity index is 564. The standard InChI is InChI=1S/C17H21FN2/c1-4-19-12-14-9-15(18)11-17(10-14)20(3)16-7-5-13(2)6-8-16/h5-11,19H,4,12H2,1-3H3. The van der Waals surface area contributed by atoms with Gasteiger partial charge in [-0.2, -0.15) is 0 Å². The molecule has 1 N–H and O–H groups in total. The maximum absolute atomic E-state index is 13.7. The van der Waals surface area contributed by atoms with Crippen LogP contribution in [0.5, 0.6) is 0 Å². The first-order chi connectivity index (χ1) is 9.60. The molecule has 0 saturated carbocycles. The summed E-state index contributed by atoms with van der Waals surface area (Å²) in [4.78, 5) is 2.00. The summed E-state index contributed by atoms with van der Waals surface area (Å²) in [7, 11) is 1.95. The molecule has 2 nitrogen and oxygen atoms in total. The lowest BCUT2D eigenvalue weighted by Crippen LogP contribution is -2.14. The van der Waals surface area contributed by atoms with Gasteiger partial charge in [-0.25, -0.2) is 4.39 Å². The van der Waals surface area contributed by atoms with Crippen LogP contribution < -0.4 is 10.2 Å². The van der Waals surface area contributed by atoms with Crippen molar-refractivity contribution in [3.63, 3.8) is 0 Å². The number of hydrogen-bond acceptors (Lipinski definition) is 2. The minimum atomic E-state index is -0.200. The summed E-state index contributed by atoms with van der Waals surface area (Å²) >= 11 is 0. The Morgan fingerprint density at radius 2 is 1.75 bits per heavy atom. The highest BCUT2D eigenvalue weighted by Gasteiger charge is 2.07. The third-order valence-electron chi connectivity index (χ3n) is 3.33. The summed E-state index contributed by atoms with van der Waals surface area (Å²) in [5.74, 6) is -0.200. The van der Waals surface area contributed by atoms with Crippen molar-refractivity contribution >= 4 is 11.4 Å². The number of nitrogens with zero attached hydrogens (tertiary/aromatic N) is 1. The van der Waals surface area contributed by atoms with Crippen molar-refractivity contribution in [1.29, 1.82) is 0 Å². The number of nitrogens with one attached hydrogen (secondary N) is 1. The zero-order valence-corrected chi connectivity index (χ0v) is 12.3. The van der Waals surface area contributed by atoms with Crippen molar-refractivity contribution < 1.29 is 4.39 Å². The molecule has 0 aliphatic rings. The van der Waals surface area contributed by atoms with E-state index in [1.54, 1.807) is 12.1 Å². The smallest absolute Gasteiger partial charge is 0.125 e. The van der Waals surface area contributed by atoms with E-state index in [0.29, 0.717) is 6.54 Å². The van der Waals surface area contributed by atoms with Gasteiger partial charge < -0.3 is 10.2 Å². The molecule has 0 unspecified atom stereocenters. The fourth-order valence-electron chi connectivity index (χ4n) is 2.12. The zero-order chi connectivity index (χ0) is 14.5. The minimum absolute atomic E-state index is 0.200. The summed E-state index contributed by atoms with van der Waals surface area (Å²) in [6.45, 7) is 5.65. The van der Waals surface area contributed by atoms with Crippen LogP contribution in [0, 0.1) is 12.7 Å². The topological polar surface area (TPSA) is 15.3 Å². The van der Waals surface area contributed by atoms with E-state index >= 15 is 0 Å². The van der Waals surface area contributed by atoms with Gasteiger partial charge in [-0.3, -0.25) is 0 Å². The number of rotatable bonds is 5. The third kappa shape index (κ3) is 3.58. The maximum Gasteiger partial charge on any atom is 0.125 e. The normalized spacial score (nSPS) is 10.6. The lowest BCUT2D eigenvalue weighted by molar-refractivity contribution is 0.622. The third-order valence-corrected chi connectivity index (χ3v) is 3.33. The molecular weight excluding hydrogens is 251 g/mol. The van der Waals surface area contributed by atoms with Crippen LogP contribution in [0.3, 0.4) is 0 Å². The highest BCUT2D eigenvalue weighted by Crippen LogP contribution is 2.25. The van der Waals surface area contributed by atoms with E-state index in [2.05, 4.69) is 24.4 Å². The molecule has 106 valence electrons. The SMILES string of the molecule is CCNCc1cc(F)cc(N(C)c2ccc(C)cc2)c1. The number of anilines is 2. The molecule has 0 heterocycles. The van der Waals surface area contributed by atoms with E-state index in [1.165, 1.54) is 5.56 Å². The van der Waals surface area contributed by atoms with Crippen LogP contribution in [0.1, 0.15) is 18.1 Å². The molecule has 0 aliphatic carbocycles. The largest absolute Gasteiger partial charge is 0.345 e. The first-order valence-electron chi connectivity index (χ1n) is 6.90. The number of halogens is 1. The summed E-state index contributed by atoms with van der Waals surface area (Å²) in [6.07, 6.45) is 0. The van der Waals surface area contributed by atoms with Gasteiger partial charge in [-0.15, -0.1) is 0 Å². The van der Waals surface area contributed by atoms with Gasteiger partial charge in [0.15, 0.2) is 0 Å². The highest BCUT2D eigenvalue weighted by atomic mass is 19.1. The van der Waals surface area contributed by atoms with Crippen LogP contribution in [0.15, 0.2) is 42.5 Å². The Hall–Kier alpha value is -1.87. The van der Waals surface area contributed by atoms with Crippen LogP contribution in [0.4, 0.5) is 15.8 Å². The summed E-state index contributed by atoms with van der Waals surface area (Å²) in [5.41, 5.74) is 4.09. The van der Waals surface area contributed by atoms with Crippen molar-refractivity contribution in [3.8, 4) is 0 Å². The predicted molar refractivity (Wildman–Crippen MR) is 83.0 cm³/mol. The second-order valence-electron chi connectivity index (χ2n) is 4.99. The molecule has 20 heavy (non-hydrogen) atoms. The fraction of sp³-hybridized carbons (Fsp3) is 0.294. The van der Waals surface area contributed by atoms with Gasteiger partial charge in [0.25, 0.3) is 0 Å². The van der Waals surface area contributed by atoms with E-state index in [1.807, 2.05) is 37.1 Å². The molecule has 2 rings (SSSR count). The van der Waals surface area contributed by atoms with Crippen molar-refractivity contribution in [2.45, 2.75) is 20.4 Å². The Kier molecular flexibility index (Phi) is 4.74. The van der Waals surface area contributed by atoms with Gasteiger partial charge in [0.2, 0.25) is 0 Å². The Morgan fingerprint density at radius 3 is 2.40 bits per heavy atom. The lowest BCUT2D eigenvalue weighted by atomic mass is 10.1. The van der Waals surface area contributed by atoms with E-state index in [-0.39, 0.29) is 5.82 Å². The van der Waals surface area contributed by atoms with Crippen molar-refractivity contribution in [2.24, 2.45) is 0 Å². The average molecular weight is 272 g/mol. The molecule has 0 radical (unpaired) electrons. The van der Waals surface area contributed by atoms with Gasteiger partial charge >= 0.3 is 0 Å². The summed E-state index contributed by atoms with van der Waals surface area (Å²) in [5, 5.41) is 3.22. The van der Waals surface area contributed by atoms with E-state index < -0.39 is 0 Å². The van der Waals surface area contributed by atoms with Crippen LogP contribution in [0.25, 0.3) is 0 Å².